The van der Waals surface area contributed by atoms with Crippen LogP contribution in [0, 0.1) is 6.92 Å². The highest BCUT2D eigenvalue weighted by molar-refractivity contribution is 6.32. The number of halogens is 1. The fourth-order valence-electron chi connectivity index (χ4n) is 2.41. The molecule has 1 aromatic carbocycles. The third-order valence-corrected chi connectivity index (χ3v) is 3.86. The van der Waals surface area contributed by atoms with Gasteiger partial charge in [-0.1, -0.05) is 11.6 Å². The molecule has 0 saturated heterocycles. The number of aryl methyl sites for hydroxylation is 3. The fourth-order valence-corrected chi connectivity index (χ4v) is 2.57. The van der Waals surface area contributed by atoms with E-state index in [1.54, 1.807) is 0 Å². The molecule has 0 spiro atoms. The molecule has 19 heavy (non-hydrogen) atoms. The lowest BCUT2D eigenvalue weighted by Crippen LogP contribution is -2.04. The number of aliphatic hydroxyl groups excluding tert-OH is 1. The lowest BCUT2D eigenvalue weighted by molar-refractivity contribution is 0.288. The first-order valence-corrected chi connectivity index (χ1v) is 7.14. The van der Waals surface area contributed by atoms with Crippen molar-refractivity contribution in [3.8, 4) is 0 Å². The molecule has 0 aliphatic rings. The van der Waals surface area contributed by atoms with Crippen molar-refractivity contribution < 1.29 is 5.11 Å². The first-order chi connectivity index (χ1) is 9.17. The topological polar surface area (TPSA) is 51.2 Å². The van der Waals surface area contributed by atoms with E-state index in [1.165, 1.54) is 10.9 Å². The van der Waals surface area contributed by atoms with Crippen molar-refractivity contribution in [2.45, 2.75) is 32.7 Å². The van der Waals surface area contributed by atoms with Crippen LogP contribution in [0.15, 0.2) is 18.3 Å². The highest BCUT2D eigenvalue weighted by atomic mass is 35.5. The Labute approximate surface area is 119 Å². The van der Waals surface area contributed by atoms with Gasteiger partial charge in [0.15, 0.2) is 0 Å². The van der Waals surface area contributed by atoms with Crippen LogP contribution in [-0.4, -0.2) is 22.8 Å². The van der Waals surface area contributed by atoms with Gasteiger partial charge >= 0.3 is 0 Å². The van der Waals surface area contributed by atoms with Crippen LogP contribution in [0.5, 0.6) is 0 Å². The second-order valence-corrected chi connectivity index (χ2v) is 5.34. The van der Waals surface area contributed by atoms with E-state index >= 15 is 0 Å². The summed E-state index contributed by atoms with van der Waals surface area (Å²) < 4.78 is 2.22. The lowest BCUT2D eigenvalue weighted by atomic mass is 10.1. The summed E-state index contributed by atoms with van der Waals surface area (Å²) in [6.07, 6.45) is 4.81. The molecule has 0 radical (unpaired) electrons. The summed E-state index contributed by atoms with van der Waals surface area (Å²) in [5, 5.41) is 11.0. The smallest absolute Gasteiger partial charge is 0.0498 e. The van der Waals surface area contributed by atoms with Gasteiger partial charge in [0.05, 0.1) is 0 Å². The zero-order valence-corrected chi connectivity index (χ0v) is 12.1. The zero-order valence-electron chi connectivity index (χ0n) is 11.3. The summed E-state index contributed by atoms with van der Waals surface area (Å²) in [5.74, 6) is 0. The van der Waals surface area contributed by atoms with Crippen molar-refractivity contribution in [1.29, 1.82) is 0 Å². The van der Waals surface area contributed by atoms with Crippen molar-refractivity contribution in [2.24, 2.45) is 5.73 Å². The molecule has 0 saturated carbocycles. The van der Waals surface area contributed by atoms with Crippen LogP contribution in [0.3, 0.4) is 0 Å². The van der Waals surface area contributed by atoms with E-state index in [-0.39, 0.29) is 6.61 Å². The van der Waals surface area contributed by atoms with Crippen LogP contribution >= 0.6 is 11.6 Å². The van der Waals surface area contributed by atoms with Gasteiger partial charge in [0.2, 0.25) is 0 Å². The predicted octanol–water partition coefficient (Wildman–Crippen LogP) is 2.88. The Morgan fingerprint density at radius 1 is 1.32 bits per heavy atom. The van der Waals surface area contributed by atoms with Crippen LogP contribution in [0.1, 0.15) is 24.0 Å². The van der Waals surface area contributed by atoms with Gasteiger partial charge in [-0.3, -0.25) is 0 Å². The molecule has 1 heterocycles. The van der Waals surface area contributed by atoms with Crippen LogP contribution < -0.4 is 5.73 Å². The average molecular weight is 281 g/mol. The van der Waals surface area contributed by atoms with Crippen molar-refractivity contribution in [3.05, 3.63) is 34.5 Å². The highest BCUT2D eigenvalue weighted by Crippen LogP contribution is 2.28. The molecule has 0 bridgehead atoms. The number of nitrogens with two attached hydrogens (primary N) is 1. The molecule has 3 nitrogen and oxygen atoms in total. The molecule has 0 aliphatic heterocycles. The third-order valence-electron chi connectivity index (χ3n) is 3.45. The first-order valence-electron chi connectivity index (χ1n) is 6.76. The van der Waals surface area contributed by atoms with Crippen molar-refractivity contribution in [3.63, 3.8) is 0 Å². The van der Waals surface area contributed by atoms with E-state index < -0.39 is 0 Å². The number of rotatable bonds is 6. The number of benzene rings is 1. The van der Waals surface area contributed by atoms with Crippen molar-refractivity contribution in [2.75, 3.05) is 13.2 Å². The molecule has 0 amide bonds. The molecule has 104 valence electrons. The number of hydrogen-bond donors (Lipinski definition) is 2. The quantitative estimate of drug-likeness (QED) is 0.855. The second-order valence-electron chi connectivity index (χ2n) is 4.94. The maximum atomic E-state index is 9.00. The Hall–Kier alpha value is -1.03. The molecule has 4 heteroatoms. The molecule has 0 unspecified atom stereocenters. The Balaban J connectivity index is 2.46. The van der Waals surface area contributed by atoms with Gasteiger partial charge in [0.1, 0.15) is 0 Å². The van der Waals surface area contributed by atoms with Crippen LogP contribution in [0.25, 0.3) is 10.9 Å². The summed E-state index contributed by atoms with van der Waals surface area (Å²) >= 11 is 6.23. The minimum Gasteiger partial charge on any atom is -0.396 e. The van der Waals surface area contributed by atoms with Gasteiger partial charge < -0.3 is 15.4 Å². The van der Waals surface area contributed by atoms with Gasteiger partial charge in [-0.05, 0) is 56.0 Å². The number of nitrogens with zero attached hydrogens (tertiary/aromatic N) is 1. The standard InChI is InChI=1S/C15H21ClN2O/c1-11-8-13-12(4-2-7-19)10-18(6-3-5-17)15(13)9-14(11)16/h8-10,19H,2-7,17H2,1H3. The summed E-state index contributed by atoms with van der Waals surface area (Å²) in [6, 6.07) is 4.18. The molecule has 0 fully saturated rings. The summed E-state index contributed by atoms with van der Waals surface area (Å²) in [5.41, 5.74) is 9.12. The SMILES string of the molecule is Cc1cc2c(CCCO)cn(CCCN)c2cc1Cl. The van der Waals surface area contributed by atoms with Crippen LogP contribution in [0.2, 0.25) is 5.02 Å². The van der Waals surface area contributed by atoms with E-state index in [9.17, 15) is 0 Å². The summed E-state index contributed by atoms with van der Waals surface area (Å²) in [4.78, 5) is 0. The van der Waals surface area contributed by atoms with Gasteiger partial charge in [0.25, 0.3) is 0 Å². The van der Waals surface area contributed by atoms with E-state index in [0.29, 0.717) is 6.54 Å². The fraction of sp³-hybridized carbons (Fsp3) is 0.467. The van der Waals surface area contributed by atoms with Crippen LogP contribution in [-0.2, 0) is 13.0 Å². The van der Waals surface area contributed by atoms with Gasteiger partial charge in [0, 0.05) is 35.3 Å². The predicted molar refractivity (Wildman–Crippen MR) is 80.8 cm³/mol. The maximum Gasteiger partial charge on any atom is 0.0498 e. The molecule has 0 atom stereocenters. The summed E-state index contributed by atoms with van der Waals surface area (Å²) in [7, 11) is 0. The highest BCUT2D eigenvalue weighted by Gasteiger charge is 2.10. The minimum absolute atomic E-state index is 0.224. The second kappa shape index (κ2) is 6.42. The van der Waals surface area contributed by atoms with E-state index in [1.807, 2.05) is 13.0 Å². The van der Waals surface area contributed by atoms with Crippen molar-refractivity contribution in [1.82, 2.24) is 4.57 Å². The molecule has 0 aliphatic carbocycles. The Kier molecular flexibility index (Phi) is 4.86. The maximum absolute atomic E-state index is 9.00. The number of aliphatic hydroxyl groups is 1. The van der Waals surface area contributed by atoms with Gasteiger partial charge in [-0.2, -0.15) is 0 Å². The molecule has 1 aromatic heterocycles. The Morgan fingerprint density at radius 3 is 2.79 bits per heavy atom. The van der Waals surface area contributed by atoms with Crippen LogP contribution in [0.4, 0.5) is 0 Å². The Morgan fingerprint density at radius 2 is 2.11 bits per heavy atom. The summed E-state index contributed by atoms with van der Waals surface area (Å²) in [6.45, 7) is 3.84. The molecule has 2 rings (SSSR count). The normalized spacial score (nSPS) is 11.4. The largest absolute Gasteiger partial charge is 0.396 e. The van der Waals surface area contributed by atoms with E-state index in [2.05, 4.69) is 16.8 Å². The number of aromatic nitrogens is 1. The molecule has 3 N–H and O–H groups in total. The molecular formula is C15H21ClN2O. The first kappa shape index (κ1) is 14.4. The number of fused-ring (bicyclic) bond motifs is 1. The minimum atomic E-state index is 0.224. The Bertz CT molecular complexity index is 515. The van der Waals surface area contributed by atoms with Gasteiger partial charge in [-0.25, -0.2) is 0 Å². The van der Waals surface area contributed by atoms with E-state index in [0.717, 1.165) is 41.9 Å². The third kappa shape index (κ3) is 3.11. The monoisotopic (exact) mass is 280 g/mol. The average Bonchev–Trinajstić information content (AvgIpc) is 2.72. The van der Waals surface area contributed by atoms with Crippen molar-refractivity contribution >= 4 is 22.5 Å². The van der Waals surface area contributed by atoms with Gasteiger partial charge in [-0.15, -0.1) is 0 Å². The molecular weight excluding hydrogens is 260 g/mol. The zero-order chi connectivity index (χ0) is 13.8. The van der Waals surface area contributed by atoms with E-state index in [4.69, 9.17) is 22.4 Å². The number of hydrogen-bond acceptors (Lipinski definition) is 2. The lowest BCUT2D eigenvalue weighted by Gasteiger charge is -2.05. The molecule has 2 aromatic rings.